The molecule has 8 heteroatoms. The lowest BCUT2D eigenvalue weighted by atomic mass is 9.89. The number of aryl methyl sites for hydroxylation is 1. The summed E-state index contributed by atoms with van der Waals surface area (Å²) in [4.78, 5) is 34.7. The molecule has 1 aliphatic heterocycles. The van der Waals surface area contributed by atoms with E-state index in [0.717, 1.165) is 47.2 Å². The summed E-state index contributed by atoms with van der Waals surface area (Å²) in [5, 5.41) is 0.716. The van der Waals surface area contributed by atoms with Crippen LogP contribution in [-0.2, 0) is 37.1 Å². The molecular formula is C24H27N3O4S. The summed E-state index contributed by atoms with van der Waals surface area (Å²) >= 11 is 1.63. The molecular weight excluding hydrogens is 426 g/mol. The Balaban J connectivity index is 1.39. The van der Waals surface area contributed by atoms with Crippen molar-refractivity contribution in [2.75, 3.05) is 20.8 Å². The summed E-state index contributed by atoms with van der Waals surface area (Å²) in [6.45, 7) is 3.35. The number of thiophene rings is 1. The number of methoxy groups -OCH3 is 2. The number of hydrogen-bond acceptors (Lipinski definition) is 6. The van der Waals surface area contributed by atoms with Crippen LogP contribution in [0.3, 0.4) is 0 Å². The lowest BCUT2D eigenvalue weighted by Gasteiger charge is -2.29. The fraction of sp³-hybridized carbons (Fsp3) is 0.458. The number of hydrogen-bond donors (Lipinski definition) is 0. The number of amides is 1. The van der Waals surface area contributed by atoms with Crippen LogP contribution in [0, 0.1) is 5.92 Å². The molecule has 32 heavy (non-hydrogen) atoms. The Kier molecular flexibility index (Phi) is 5.41. The highest BCUT2D eigenvalue weighted by molar-refractivity contribution is 7.18. The Morgan fingerprint density at radius 1 is 1.19 bits per heavy atom. The van der Waals surface area contributed by atoms with Crippen LogP contribution in [0.5, 0.6) is 11.5 Å². The number of fused-ring (bicyclic) bond motifs is 4. The molecule has 3 aromatic rings. The van der Waals surface area contributed by atoms with Gasteiger partial charge in [0.05, 0.1) is 25.9 Å². The van der Waals surface area contributed by atoms with Crippen LogP contribution in [-0.4, -0.2) is 41.1 Å². The Morgan fingerprint density at radius 3 is 2.69 bits per heavy atom. The molecule has 0 unspecified atom stereocenters. The average Bonchev–Trinajstić information content (AvgIpc) is 3.17. The van der Waals surface area contributed by atoms with Gasteiger partial charge in [-0.2, -0.15) is 0 Å². The van der Waals surface area contributed by atoms with E-state index in [1.807, 2.05) is 12.1 Å². The van der Waals surface area contributed by atoms with Gasteiger partial charge < -0.3 is 14.4 Å². The van der Waals surface area contributed by atoms with Gasteiger partial charge in [0.2, 0.25) is 5.91 Å². The second-order valence-electron chi connectivity index (χ2n) is 8.75. The zero-order chi connectivity index (χ0) is 22.4. The molecule has 0 spiro atoms. The first-order chi connectivity index (χ1) is 15.5. The number of benzene rings is 1. The van der Waals surface area contributed by atoms with E-state index in [-0.39, 0.29) is 18.0 Å². The van der Waals surface area contributed by atoms with Crippen molar-refractivity contribution in [3.63, 3.8) is 0 Å². The van der Waals surface area contributed by atoms with Crippen LogP contribution in [0.25, 0.3) is 10.2 Å². The largest absolute Gasteiger partial charge is 0.493 e. The molecule has 0 saturated carbocycles. The minimum atomic E-state index is -0.0979. The van der Waals surface area contributed by atoms with E-state index < -0.39 is 0 Å². The maximum absolute atomic E-state index is 13.2. The maximum Gasteiger partial charge on any atom is 0.262 e. The number of ether oxygens (including phenoxy) is 2. The van der Waals surface area contributed by atoms with E-state index in [9.17, 15) is 9.59 Å². The normalized spacial score (nSPS) is 17.7. The van der Waals surface area contributed by atoms with Crippen LogP contribution in [0.4, 0.5) is 0 Å². The van der Waals surface area contributed by atoms with Crippen molar-refractivity contribution in [1.82, 2.24) is 14.5 Å². The molecule has 0 saturated heterocycles. The lowest BCUT2D eigenvalue weighted by Crippen LogP contribution is -2.39. The molecule has 0 fully saturated rings. The molecule has 0 bridgehead atoms. The zero-order valence-electron chi connectivity index (χ0n) is 18.6. The highest BCUT2D eigenvalue weighted by Crippen LogP contribution is 2.36. The van der Waals surface area contributed by atoms with Gasteiger partial charge in [-0.3, -0.25) is 14.2 Å². The predicted octanol–water partition coefficient (Wildman–Crippen LogP) is 3.18. The molecule has 3 heterocycles. The number of aromatic nitrogens is 2. The number of carbonyl (C=O) groups excluding carboxylic acids is 1. The van der Waals surface area contributed by atoms with Gasteiger partial charge in [0.15, 0.2) is 11.5 Å². The topological polar surface area (TPSA) is 73.7 Å². The van der Waals surface area contributed by atoms with E-state index in [1.165, 1.54) is 15.8 Å². The Hall–Kier alpha value is -2.87. The molecule has 7 nitrogen and oxygen atoms in total. The minimum absolute atomic E-state index is 0.00538. The van der Waals surface area contributed by atoms with Crippen molar-refractivity contribution in [1.29, 1.82) is 0 Å². The van der Waals surface area contributed by atoms with Crippen LogP contribution in [0.1, 0.15) is 34.9 Å². The monoisotopic (exact) mass is 453 g/mol. The van der Waals surface area contributed by atoms with Gasteiger partial charge in [-0.05, 0) is 60.4 Å². The van der Waals surface area contributed by atoms with Crippen molar-refractivity contribution in [2.45, 2.75) is 45.7 Å². The summed E-state index contributed by atoms with van der Waals surface area (Å²) in [5.41, 5.74) is 3.25. The zero-order valence-corrected chi connectivity index (χ0v) is 19.5. The molecule has 0 radical (unpaired) electrons. The van der Waals surface area contributed by atoms with E-state index in [2.05, 4.69) is 11.9 Å². The van der Waals surface area contributed by atoms with Gasteiger partial charge >= 0.3 is 0 Å². The van der Waals surface area contributed by atoms with Gasteiger partial charge in [0, 0.05) is 18.0 Å². The third-order valence-corrected chi connectivity index (χ3v) is 7.82. The van der Waals surface area contributed by atoms with Gasteiger partial charge in [0.25, 0.3) is 5.56 Å². The molecule has 0 N–H and O–H groups in total. The SMILES string of the molecule is COc1cc2c(cc1OC)CN(C(=O)Cn1cnc3sc4c(c3c1=O)CC[C@H](C)C4)CC2. The van der Waals surface area contributed by atoms with Crippen LogP contribution in [0.15, 0.2) is 23.3 Å². The highest BCUT2D eigenvalue weighted by atomic mass is 32.1. The third-order valence-electron chi connectivity index (χ3n) is 6.66. The van der Waals surface area contributed by atoms with Crippen molar-refractivity contribution in [3.8, 4) is 11.5 Å². The van der Waals surface area contributed by atoms with Gasteiger partial charge in [-0.1, -0.05) is 6.92 Å². The van der Waals surface area contributed by atoms with Crippen molar-refractivity contribution < 1.29 is 14.3 Å². The fourth-order valence-corrected chi connectivity index (χ4v) is 6.16. The van der Waals surface area contributed by atoms with E-state index in [0.29, 0.717) is 35.9 Å². The summed E-state index contributed by atoms with van der Waals surface area (Å²) in [6.07, 6.45) is 5.28. The first-order valence-corrected chi connectivity index (χ1v) is 11.8. The first-order valence-electron chi connectivity index (χ1n) is 11.0. The minimum Gasteiger partial charge on any atom is -0.493 e. The van der Waals surface area contributed by atoms with Gasteiger partial charge in [0.1, 0.15) is 11.4 Å². The van der Waals surface area contributed by atoms with Crippen molar-refractivity contribution in [2.24, 2.45) is 5.92 Å². The van der Waals surface area contributed by atoms with Crippen molar-refractivity contribution in [3.05, 3.63) is 50.4 Å². The quantitative estimate of drug-likeness (QED) is 0.607. The summed E-state index contributed by atoms with van der Waals surface area (Å²) in [5.74, 6) is 1.92. The lowest BCUT2D eigenvalue weighted by molar-refractivity contribution is -0.132. The standard InChI is InChI=1S/C24H27N3O4S/c1-14-4-5-17-20(8-14)32-23-22(17)24(29)27(13-25-23)12-21(28)26-7-6-15-9-18(30-2)19(31-3)10-16(15)11-26/h9-10,13-14H,4-8,11-12H2,1-3H3/t14-/m0/s1. The van der Waals surface area contributed by atoms with E-state index in [1.54, 1.807) is 30.5 Å². The second kappa shape index (κ2) is 8.24. The molecule has 168 valence electrons. The first kappa shape index (κ1) is 21.0. The van der Waals surface area contributed by atoms with Gasteiger partial charge in [-0.25, -0.2) is 4.98 Å². The summed E-state index contributed by atoms with van der Waals surface area (Å²) in [6, 6.07) is 3.92. The number of nitrogens with zero attached hydrogens (tertiary/aromatic N) is 3. The Morgan fingerprint density at radius 2 is 1.94 bits per heavy atom. The predicted molar refractivity (Wildman–Crippen MR) is 124 cm³/mol. The van der Waals surface area contributed by atoms with Crippen LogP contribution < -0.4 is 15.0 Å². The smallest absolute Gasteiger partial charge is 0.262 e. The number of carbonyl (C=O) groups is 1. The highest BCUT2D eigenvalue weighted by Gasteiger charge is 2.26. The summed E-state index contributed by atoms with van der Waals surface area (Å²) < 4.78 is 12.3. The molecule has 1 aromatic carbocycles. The second-order valence-corrected chi connectivity index (χ2v) is 9.83. The fourth-order valence-electron chi connectivity index (χ4n) is 4.82. The molecule has 2 aliphatic rings. The van der Waals surface area contributed by atoms with E-state index >= 15 is 0 Å². The maximum atomic E-state index is 13.2. The Bertz CT molecular complexity index is 1260. The molecule has 1 amide bonds. The molecule has 1 atom stereocenters. The summed E-state index contributed by atoms with van der Waals surface area (Å²) in [7, 11) is 3.23. The van der Waals surface area contributed by atoms with Crippen LogP contribution >= 0.6 is 11.3 Å². The number of rotatable bonds is 4. The van der Waals surface area contributed by atoms with Gasteiger partial charge in [-0.15, -0.1) is 11.3 Å². The third kappa shape index (κ3) is 3.56. The molecule has 1 aliphatic carbocycles. The van der Waals surface area contributed by atoms with E-state index in [4.69, 9.17) is 9.47 Å². The van der Waals surface area contributed by atoms with Crippen LogP contribution in [0.2, 0.25) is 0 Å². The molecule has 5 rings (SSSR count). The molecule has 2 aromatic heterocycles. The average molecular weight is 454 g/mol. The van der Waals surface area contributed by atoms with Crippen molar-refractivity contribution >= 4 is 27.5 Å². The Labute approximate surface area is 190 Å².